The van der Waals surface area contributed by atoms with E-state index in [-0.39, 0.29) is 5.92 Å². The van der Waals surface area contributed by atoms with Gasteiger partial charge in [0.1, 0.15) is 0 Å². The van der Waals surface area contributed by atoms with Gasteiger partial charge in [-0.25, -0.2) is 0 Å². The Kier molecular flexibility index (Phi) is 7.66. The number of carboxylic acid groups (broad SMARTS) is 1. The molecule has 0 fully saturated rings. The van der Waals surface area contributed by atoms with Gasteiger partial charge >= 0.3 is 5.97 Å². The van der Waals surface area contributed by atoms with E-state index in [1.165, 1.54) is 11.1 Å². The molecule has 128 valence electrons. The number of rotatable bonds is 9. The fourth-order valence-electron chi connectivity index (χ4n) is 2.81. The van der Waals surface area contributed by atoms with Gasteiger partial charge in [-0.05, 0) is 55.7 Å². The van der Waals surface area contributed by atoms with Gasteiger partial charge in [-0.2, -0.15) is 0 Å². The topological polar surface area (TPSA) is 75.3 Å². The maximum absolute atomic E-state index is 11.5. The molecule has 2 unspecified atom stereocenters. The molecule has 2 atom stereocenters. The van der Waals surface area contributed by atoms with E-state index in [4.69, 9.17) is 5.73 Å². The predicted molar refractivity (Wildman–Crippen MR) is 95.3 cm³/mol. The van der Waals surface area contributed by atoms with Gasteiger partial charge < -0.3 is 16.2 Å². The summed E-state index contributed by atoms with van der Waals surface area (Å²) in [6.45, 7) is 8.84. The monoisotopic (exact) mass is 318 g/mol. The molecule has 1 rings (SSSR count). The fourth-order valence-corrected chi connectivity index (χ4v) is 2.81. The van der Waals surface area contributed by atoms with E-state index in [0.29, 0.717) is 6.42 Å². The third-order valence-corrected chi connectivity index (χ3v) is 4.41. The van der Waals surface area contributed by atoms with Gasteiger partial charge in [-0.3, -0.25) is 4.79 Å². The second-order valence-electron chi connectivity index (χ2n) is 6.09. The highest BCUT2D eigenvalue weighted by atomic mass is 16.4. The zero-order chi connectivity index (χ0) is 17.4. The van der Waals surface area contributed by atoms with E-state index < -0.39 is 11.9 Å². The van der Waals surface area contributed by atoms with E-state index >= 15 is 0 Å². The number of nitrogens with one attached hydrogen (secondary N) is 1. The lowest BCUT2D eigenvalue weighted by Gasteiger charge is -2.23. The Labute approximate surface area is 139 Å². The molecule has 0 aromatic heterocycles. The molecule has 0 bridgehead atoms. The summed E-state index contributed by atoms with van der Waals surface area (Å²) < 4.78 is 0. The maximum Gasteiger partial charge on any atom is 0.306 e. The van der Waals surface area contributed by atoms with Crippen LogP contribution in [0, 0.1) is 12.8 Å². The summed E-state index contributed by atoms with van der Waals surface area (Å²) >= 11 is 0. The van der Waals surface area contributed by atoms with Gasteiger partial charge in [0.2, 0.25) is 0 Å². The van der Waals surface area contributed by atoms with Crippen LogP contribution in [0.2, 0.25) is 0 Å². The van der Waals surface area contributed by atoms with Gasteiger partial charge in [-0.15, -0.1) is 0 Å². The van der Waals surface area contributed by atoms with Crippen molar-refractivity contribution < 1.29 is 9.90 Å². The first-order valence-corrected chi connectivity index (χ1v) is 8.40. The van der Waals surface area contributed by atoms with Gasteiger partial charge in [0, 0.05) is 18.4 Å². The molecule has 0 spiro atoms. The first-order chi connectivity index (χ1) is 10.9. The Balaban J connectivity index is 2.99. The van der Waals surface area contributed by atoms with Crippen molar-refractivity contribution in [1.29, 1.82) is 0 Å². The SMILES string of the molecule is CCN/C=C(\N)CCC(c1ccc(C)c(CC)c1)C(C)C(=O)O. The number of aryl methyl sites for hydroxylation is 2. The van der Waals surface area contributed by atoms with Crippen molar-refractivity contribution in [3.05, 3.63) is 46.8 Å². The van der Waals surface area contributed by atoms with Crippen molar-refractivity contribution >= 4 is 5.97 Å². The Morgan fingerprint density at radius 2 is 2.09 bits per heavy atom. The van der Waals surface area contributed by atoms with Crippen LogP contribution >= 0.6 is 0 Å². The standard InChI is InChI=1S/C19H30N2O2/c1-5-15-11-16(8-7-13(15)3)18(14(4)19(22)23)10-9-17(20)12-21-6-2/h7-8,11-12,14,18,21H,5-6,9-10,20H2,1-4H3,(H,22,23)/b17-12-. The van der Waals surface area contributed by atoms with Crippen LogP contribution in [0.25, 0.3) is 0 Å². The summed E-state index contributed by atoms with van der Waals surface area (Å²) in [6.07, 6.45) is 4.18. The number of allylic oxidation sites excluding steroid dienone is 1. The fraction of sp³-hybridized carbons (Fsp3) is 0.526. The van der Waals surface area contributed by atoms with E-state index in [2.05, 4.69) is 37.4 Å². The van der Waals surface area contributed by atoms with Crippen molar-refractivity contribution in [1.82, 2.24) is 5.32 Å². The quantitative estimate of drug-likeness (QED) is 0.651. The number of aliphatic carboxylic acids is 1. The average Bonchev–Trinajstić information content (AvgIpc) is 2.53. The maximum atomic E-state index is 11.5. The van der Waals surface area contributed by atoms with Crippen LogP contribution in [0.5, 0.6) is 0 Å². The smallest absolute Gasteiger partial charge is 0.306 e. The second kappa shape index (κ2) is 9.23. The van der Waals surface area contributed by atoms with Crippen molar-refractivity contribution in [3.63, 3.8) is 0 Å². The van der Waals surface area contributed by atoms with E-state index in [1.807, 2.05) is 13.1 Å². The summed E-state index contributed by atoms with van der Waals surface area (Å²) in [5, 5.41) is 12.5. The summed E-state index contributed by atoms with van der Waals surface area (Å²) in [4.78, 5) is 11.5. The molecule has 1 aromatic rings. The summed E-state index contributed by atoms with van der Waals surface area (Å²) in [5.41, 5.74) is 10.4. The van der Waals surface area contributed by atoms with Crippen LogP contribution < -0.4 is 11.1 Å². The average molecular weight is 318 g/mol. The van der Waals surface area contributed by atoms with Crippen LogP contribution in [-0.4, -0.2) is 17.6 Å². The van der Waals surface area contributed by atoms with E-state index in [1.54, 1.807) is 6.92 Å². The normalized spacial score (nSPS) is 14.3. The molecule has 0 aliphatic heterocycles. The Hall–Kier alpha value is -1.97. The Morgan fingerprint density at radius 3 is 2.65 bits per heavy atom. The number of carbonyl (C=O) groups is 1. The van der Waals surface area contributed by atoms with Crippen molar-refractivity contribution in [2.24, 2.45) is 11.7 Å². The molecule has 1 aromatic carbocycles. The van der Waals surface area contributed by atoms with Crippen molar-refractivity contribution in [2.45, 2.75) is 52.9 Å². The van der Waals surface area contributed by atoms with Gasteiger partial charge in [0.05, 0.1) is 5.92 Å². The third-order valence-electron chi connectivity index (χ3n) is 4.41. The lowest BCUT2D eigenvalue weighted by molar-refractivity contribution is -0.141. The number of benzene rings is 1. The molecule has 0 aliphatic rings. The summed E-state index contributed by atoms with van der Waals surface area (Å²) in [7, 11) is 0. The highest BCUT2D eigenvalue weighted by molar-refractivity contribution is 5.71. The number of hydrogen-bond acceptors (Lipinski definition) is 3. The summed E-state index contributed by atoms with van der Waals surface area (Å²) in [5.74, 6) is -1.23. The molecule has 23 heavy (non-hydrogen) atoms. The molecule has 4 N–H and O–H groups in total. The van der Waals surface area contributed by atoms with Crippen molar-refractivity contribution in [2.75, 3.05) is 6.54 Å². The van der Waals surface area contributed by atoms with E-state index in [9.17, 15) is 9.90 Å². The molecule has 0 saturated carbocycles. The van der Waals surface area contributed by atoms with Crippen molar-refractivity contribution in [3.8, 4) is 0 Å². The van der Waals surface area contributed by atoms with Crippen LogP contribution in [0.3, 0.4) is 0 Å². The molecule has 0 radical (unpaired) electrons. The molecule has 0 amide bonds. The van der Waals surface area contributed by atoms with Crippen LogP contribution in [0.1, 0.15) is 56.2 Å². The molecule has 0 saturated heterocycles. The third kappa shape index (κ3) is 5.62. The largest absolute Gasteiger partial charge is 0.481 e. The highest BCUT2D eigenvalue weighted by Gasteiger charge is 2.25. The van der Waals surface area contributed by atoms with Gasteiger partial charge in [0.25, 0.3) is 0 Å². The zero-order valence-corrected chi connectivity index (χ0v) is 14.7. The lowest BCUT2D eigenvalue weighted by atomic mass is 9.82. The van der Waals surface area contributed by atoms with Crippen LogP contribution in [-0.2, 0) is 11.2 Å². The minimum Gasteiger partial charge on any atom is -0.481 e. The summed E-state index contributed by atoms with van der Waals surface area (Å²) in [6, 6.07) is 6.31. The zero-order valence-electron chi connectivity index (χ0n) is 14.7. The first kappa shape index (κ1) is 19.1. The molecular formula is C19H30N2O2. The molecule has 4 nitrogen and oxygen atoms in total. The van der Waals surface area contributed by atoms with Crippen LogP contribution in [0.15, 0.2) is 30.1 Å². The molecule has 4 heteroatoms. The Bertz CT molecular complexity index is 552. The Morgan fingerprint density at radius 1 is 1.39 bits per heavy atom. The van der Waals surface area contributed by atoms with Crippen LogP contribution in [0.4, 0.5) is 0 Å². The minimum atomic E-state index is -0.761. The molecule has 0 heterocycles. The molecular weight excluding hydrogens is 288 g/mol. The predicted octanol–water partition coefficient (Wildman–Crippen LogP) is 3.55. The van der Waals surface area contributed by atoms with Gasteiger partial charge in [-0.1, -0.05) is 32.0 Å². The number of hydrogen-bond donors (Lipinski definition) is 3. The highest BCUT2D eigenvalue weighted by Crippen LogP contribution is 2.31. The molecule has 0 aliphatic carbocycles. The lowest BCUT2D eigenvalue weighted by Crippen LogP contribution is -2.20. The second-order valence-corrected chi connectivity index (χ2v) is 6.09. The van der Waals surface area contributed by atoms with Gasteiger partial charge in [0.15, 0.2) is 0 Å². The number of nitrogens with two attached hydrogens (primary N) is 1. The van der Waals surface area contributed by atoms with E-state index in [0.717, 1.165) is 30.6 Å². The minimum absolute atomic E-state index is 0.0352. The first-order valence-electron chi connectivity index (χ1n) is 8.40. The number of carboxylic acids is 1.